The van der Waals surface area contributed by atoms with Gasteiger partial charge in [-0.15, -0.1) is 0 Å². The number of hydrogen-bond acceptors (Lipinski definition) is 1. The number of carbonyl (C=O) groups is 1. The van der Waals surface area contributed by atoms with Crippen LogP contribution in [-0.4, -0.2) is 27.9 Å². The molecule has 1 aliphatic heterocycles. The number of benzene rings is 2. The number of carbonyl (C=O) groups excluding carboxylic acids is 1. The number of amides is 2. The Morgan fingerprint density at radius 3 is 1.25 bits per heavy atom. The van der Waals surface area contributed by atoms with Crippen LogP contribution >= 0.6 is 0 Å². The van der Waals surface area contributed by atoms with Gasteiger partial charge in [-0.2, -0.15) is 0 Å². The van der Waals surface area contributed by atoms with Crippen LogP contribution in [0.3, 0.4) is 0 Å². The topological polar surface area (TPSA) is 23.6 Å². The Morgan fingerprint density at radius 2 is 0.906 bits per heavy atom. The quantitative estimate of drug-likeness (QED) is 0.493. The van der Waals surface area contributed by atoms with Crippen molar-refractivity contribution in [1.82, 2.24) is 9.80 Å². The van der Waals surface area contributed by atoms with Crippen LogP contribution < -0.4 is 0 Å². The number of urea groups is 1. The first-order valence-corrected chi connectivity index (χ1v) is 12.9. The fourth-order valence-electron chi connectivity index (χ4n) is 6.37. The molecule has 170 valence electrons. The monoisotopic (exact) mass is 430 g/mol. The summed E-state index contributed by atoms with van der Waals surface area (Å²) < 4.78 is 0. The standard InChI is InChI=1S/C29H38N2O/c1-21-13-17-23(18-14-21)27-28(24-19-15-22(2)16-20-24)31(26-11-7-4-8-12-26)29(32)30(27)25-9-5-3-6-10-25/h13-20,25-28H,3-12H2,1-2H3. The van der Waals surface area contributed by atoms with Crippen molar-refractivity contribution in [2.24, 2.45) is 0 Å². The normalized spacial score (nSPS) is 25.5. The molecular weight excluding hydrogens is 392 g/mol. The van der Waals surface area contributed by atoms with E-state index in [1.165, 1.54) is 60.8 Å². The third-order valence-corrected chi connectivity index (χ3v) is 8.11. The van der Waals surface area contributed by atoms with Gasteiger partial charge < -0.3 is 9.80 Å². The van der Waals surface area contributed by atoms with Crippen molar-refractivity contribution in [3.05, 3.63) is 70.8 Å². The fourth-order valence-corrected chi connectivity index (χ4v) is 6.37. The molecule has 0 radical (unpaired) electrons. The molecule has 2 saturated carbocycles. The van der Waals surface area contributed by atoms with E-state index >= 15 is 0 Å². The molecule has 3 nitrogen and oxygen atoms in total. The first-order valence-electron chi connectivity index (χ1n) is 12.9. The summed E-state index contributed by atoms with van der Waals surface area (Å²) in [5.74, 6) is 0. The van der Waals surface area contributed by atoms with E-state index in [4.69, 9.17) is 0 Å². The molecule has 0 aromatic heterocycles. The van der Waals surface area contributed by atoms with Crippen LogP contribution in [0.2, 0.25) is 0 Å². The van der Waals surface area contributed by atoms with Gasteiger partial charge in [0.1, 0.15) is 0 Å². The molecule has 2 aromatic rings. The zero-order chi connectivity index (χ0) is 22.1. The Bertz CT molecular complexity index is 832. The van der Waals surface area contributed by atoms with Crippen LogP contribution in [0.5, 0.6) is 0 Å². The third kappa shape index (κ3) is 4.07. The minimum absolute atomic E-state index is 0.0934. The molecule has 1 saturated heterocycles. The van der Waals surface area contributed by atoms with Gasteiger partial charge in [-0.25, -0.2) is 4.79 Å². The summed E-state index contributed by atoms with van der Waals surface area (Å²) in [7, 11) is 0. The average molecular weight is 431 g/mol. The molecule has 0 spiro atoms. The lowest BCUT2D eigenvalue weighted by molar-refractivity contribution is 0.134. The maximum absolute atomic E-state index is 14.3. The summed E-state index contributed by atoms with van der Waals surface area (Å²) in [5, 5.41) is 0. The van der Waals surface area contributed by atoms with Crippen molar-refractivity contribution in [3.63, 3.8) is 0 Å². The van der Waals surface area contributed by atoms with Crippen LogP contribution in [0.4, 0.5) is 4.79 Å². The van der Waals surface area contributed by atoms with Gasteiger partial charge in [0.15, 0.2) is 0 Å². The molecular formula is C29H38N2O. The van der Waals surface area contributed by atoms with Gasteiger partial charge in [-0.3, -0.25) is 0 Å². The number of aryl methyl sites for hydroxylation is 2. The van der Waals surface area contributed by atoms with Crippen molar-refractivity contribution in [2.75, 3.05) is 0 Å². The summed E-state index contributed by atoms with van der Waals surface area (Å²) in [6, 6.07) is 19.2. The molecule has 2 amide bonds. The number of nitrogens with zero attached hydrogens (tertiary/aromatic N) is 2. The molecule has 3 fully saturated rings. The van der Waals surface area contributed by atoms with E-state index in [2.05, 4.69) is 72.2 Å². The summed E-state index contributed by atoms with van der Waals surface area (Å²) in [5.41, 5.74) is 5.13. The highest BCUT2D eigenvalue weighted by Crippen LogP contribution is 2.50. The van der Waals surface area contributed by atoms with Gasteiger partial charge in [-0.05, 0) is 50.7 Å². The Kier molecular flexibility index (Phi) is 6.26. The largest absolute Gasteiger partial charge is 0.321 e. The first kappa shape index (κ1) is 21.6. The second-order valence-corrected chi connectivity index (χ2v) is 10.4. The molecule has 2 aromatic carbocycles. The minimum atomic E-state index is 0.0934. The Balaban J connectivity index is 1.63. The molecule has 2 unspecified atom stereocenters. The van der Waals surface area contributed by atoms with Crippen LogP contribution in [0.15, 0.2) is 48.5 Å². The van der Waals surface area contributed by atoms with Crippen molar-refractivity contribution < 1.29 is 4.79 Å². The Labute approximate surface area is 193 Å². The third-order valence-electron chi connectivity index (χ3n) is 8.11. The van der Waals surface area contributed by atoms with E-state index in [1.807, 2.05) is 0 Å². The number of rotatable bonds is 4. The molecule has 0 N–H and O–H groups in total. The molecule has 32 heavy (non-hydrogen) atoms. The molecule has 1 heterocycles. The molecule has 2 atom stereocenters. The Morgan fingerprint density at radius 1 is 0.562 bits per heavy atom. The van der Waals surface area contributed by atoms with Crippen LogP contribution in [0.25, 0.3) is 0 Å². The van der Waals surface area contributed by atoms with Crippen LogP contribution in [0.1, 0.15) is 98.5 Å². The highest BCUT2D eigenvalue weighted by Gasteiger charge is 2.51. The first-order chi connectivity index (χ1) is 15.6. The molecule has 3 aliphatic rings. The highest BCUT2D eigenvalue weighted by atomic mass is 16.2. The second-order valence-electron chi connectivity index (χ2n) is 10.4. The maximum atomic E-state index is 14.3. The zero-order valence-electron chi connectivity index (χ0n) is 19.8. The van der Waals surface area contributed by atoms with E-state index < -0.39 is 0 Å². The van der Waals surface area contributed by atoms with Crippen LogP contribution in [0, 0.1) is 13.8 Å². The summed E-state index contributed by atoms with van der Waals surface area (Å²) in [6.45, 7) is 4.29. The lowest BCUT2D eigenvalue weighted by atomic mass is 9.87. The van der Waals surface area contributed by atoms with E-state index in [1.54, 1.807) is 0 Å². The predicted molar refractivity (Wildman–Crippen MR) is 131 cm³/mol. The summed E-state index contributed by atoms with van der Waals surface area (Å²) >= 11 is 0. The second kappa shape index (κ2) is 9.29. The minimum Gasteiger partial charge on any atom is -0.312 e. The molecule has 3 heteroatoms. The number of hydrogen-bond donors (Lipinski definition) is 0. The van der Waals surface area contributed by atoms with Crippen molar-refractivity contribution in [3.8, 4) is 0 Å². The smallest absolute Gasteiger partial charge is 0.312 e. The lowest BCUT2D eigenvalue weighted by Gasteiger charge is -2.36. The van der Waals surface area contributed by atoms with Gasteiger partial charge >= 0.3 is 6.03 Å². The molecule has 5 rings (SSSR count). The van der Waals surface area contributed by atoms with Gasteiger partial charge in [0.2, 0.25) is 0 Å². The Hall–Kier alpha value is -2.29. The van der Waals surface area contributed by atoms with Gasteiger partial charge in [0.05, 0.1) is 12.1 Å². The summed E-state index contributed by atoms with van der Waals surface area (Å²) in [4.78, 5) is 18.9. The highest BCUT2D eigenvalue weighted by molar-refractivity contribution is 5.79. The predicted octanol–water partition coefficient (Wildman–Crippen LogP) is 7.49. The van der Waals surface area contributed by atoms with E-state index in [-0.39, 0.29) is 12.1 Å². The average Bonchev–Trinajstić information content (AvgIpc) is 3.14. The van der Waals surface area contributed by atoms with Crippen molar-refractivity contribution in [1.29, 1.82) is 0 Å². The van der Waals surface area contributed by atoms with E-state index in [0.29, 0.717) is 18.1 Å². The lowest BCUT2D eigenvalue weighted by Crippen LogP contribution is -2.44. The summed E-state index contributed by atoms with van der Waals surface area (Å²) in [6.07, 6.45) is 12.2. The van der Waals surface area contributed by atoms with E-state index in [9.17, 15) is 4.79 Å². The van der Waals surface area contributed by atoms with Crippen LogP contribution in [-0.2, 0) is 0 Å². The maximum Gasteiger partial charge on any atom is 0.321 e. The zero-order valence-corrected chi connectivity index (χ0v) is 19.8. The molecule has 2 aliphatic carbocycles. The van der Waals surface area contributed by atoms with Crippen molar-refractivity contribution >= 4 is 6.03 Å². The van der Waals surface area contributed by atoms with E-state index in [0.717, 1.165) is 25.7 Å². The van der Waals surface area contributed by atoms with Crippen molar-refractivity contribution in [2.45, 2.75) is 102 Å². The van der Waals surface area contributed by atoms with Gasteiger partial charge in [-0.1, -0.05) is 98.2 Å². The van der Waals surface area contributed by atoms with Gasteiger partial charge in [0.25, 0.3) is 0 Å². The molecule has 0 bridgehead atoms. The SMILES string of the molecule is Cc1ccc(C2C(c3ccc(C)cc3)N(C3CCCCC3)C(=O)N2C2CCCCC2)cc1. The van der Waals surface area contributed by atoms with Gasteiger partial charge in [0, 0.05) is 12.1 Å². The fraction of sp³-hybridized carbons (Fsp3) is 0.552.